The van der Waals surface area contributed by atoms with Crippen molar-refractivity contribution in [2.24, 2.45) is 0 Å². The standard InChI is InChI=1S/C24H24N2O3S2/c1-18-9-11-19(12-10-18)8-5-15-25-31(28,29)21-13-14-22-23(16-21)30-24(27)26(22)17-20-6-3-2-4-7-20/h2-4,6-7,9-14,16,25H,5,8,15,17H2,1H3. The third kappa shape index (κ3) is 5.12. The zero-order valence-electron chi connectivity index (χ0n) is 17.2. The molecule has 1 heterocycles. The lowest BCUT2D eigenvalue weighted by Crippen LogP contribution is -2.25. The third-order valence-electron chi connectivity index (χ3n) is 5.19. The molecule has 0 amide bonds. The molecule has 0 atom stereocenters. The Balaban J connectivity index is 1.45. The molecule has 3 aromatic carbocycles. The van der Waals surface area contributed by atoms with Crippen LogP contribution >= 0.6 is 11.3 Å². The van der Waals surface area contributed by atoms with Gasteiger partial charge in [-0.2, -0.15) is 0 Å². The van der Waals surface area contributed by atoms with E-state index in [2.05, 4.69) is 29.0 Å². The van der Waals surface area contributed by atoms with Crippen LogP contribution < -0.4 is 9.60 Å². The summed E-state index contributed by atoms with van der Waals surface area (Å²) in [6.07, 6.45) is 1.52. The Morgan fingerprint density at radius 2 is 1.68 bits per heavy atom. The van der Waals surface area contributed by atoms with Crippen LogP contribution in [0.4, 0.5) is 0 Å². The first kappa shape index (κ1) is 21.5. The minimum Gasteiger partial charge on any atom is -0.294 e. The van der Waals surface area contributed by atoms with Gasteiger partial charge >= 0.3 is 4.87 Å². The molecule has 1 aromatic heterocycles. The Bertz CT molecular complexity index is 1340. The summed E-state index contributed by atoms with van der Waals surface area (Å²) >= 11 is 1.07. The molecule has 0 aliphatic carbocycles. The van der Waals surface area contributed by atoms with Crippen molar-refractivity contribution >= 4 is 31.6 Å². The van der Waals surface area contributed by atoms with Gasteiger partial charge in [-0.25, -0.2) is 13.1 Å². The van der Waals surface area contributed by atoms with Gasteiger partial charge < -0.3 is 0 Å². The number of hydrogen-bond acceptors (Lipinski definition) is 4. The van der Waals surface area contributed by atoms with E-state index in [1.54, 1.807) is 22.8 Å². The number of aromatic nitrogens is 1. The lowest BCUT2D eigenvalue weighted by molar-refractivity contribution is 0.579. The van der Waals surface area contributed by atoms with Gasteiger partial charge in [0.15, 0.2) is 0 Å². The highest BCUT2D eigenvalue weighted by molar-refractivity contribution is 7.89. The fourth-order valence-corrected chi connectivity index (χ4v) is 5.57. The average Bonchev–Trinajstić information content (AvgIpc) is 3.07. The molecule has 0 saturated carbocycles. The van der Waals surface area contributed by atoms with Crippen LogP contribution in [0.1, 0.15) is 23.1 Å². The largest absolute Gasteiger partial charge is 0.308 e. The van der Waals surface area contributed by atoms with Gasteiger partial charge in [0.1, 0.15) is 0 Å². The van der Waals surface area contributed by atoms with E-state index in [1.165, 1.54) is 11.1 Å². The first-order chi connectivity index (χ1) is 14.9. The van der Waals surface area contributed by atoms with Crippen LogP contribution in [0.5, 0.6) is 0 Å². The minimum absolute atomic E-state index is 0.0977. The maximum Gasteiger partial charge on any atom is 0.308 e. The van der Waals surface area contributed by atoms with Crippen molar-refractivity contribution in [3.05, 3.63) is 99.2 Å². The SMILES string of the molecule is Cc1ccc(CCCNS(=O)(=O)c2ccc3c(c2)sc(=O)n3Cc2ccccc2)cc1. The molecular weight excluding hydrogens is 428 g/mol. The summed E-state index contributed by atoms with van der Waals surface area (Å²) in [5.41, 5.74) is 4.17. The zero-order valence-corrected chi connectivity index (χ0v) is 18.9. The molecule has 0 aliphatic rings. The van der Waals surface area contributed by atoms with Crippen molar-refractivity contribution < 1.29 is 8.42 Å². The second-order valence-corrected chi connectivity index (χ2v) is 10.3. The molecule has 0 saturated heterocycles. The van der Waals surface area contributed by atoms with Crippen LogP contribution in [0.25, 0.3) is 10.2 Å². The van der Waals surface area contributed by atoms with E-state index in [1.807, 2.05) is 37.3 Å². The van der Waals surface area contributed by atoms with Gasteiger partial charge in [-0.05, 0) is 49.1 Å². The van der Waals surface area contributed by atoms with Gasteiger partial charge in [0.2, 0.25) is 10.0 Å². The smallest absolute Gasteiger partial charge is 0.294 e. The highest BCUT2D eigenvalue weighted by Crippen LogP contribution is 2.22. The summed E-state index contributed by atoms with van der Waals surface area (Å²) in [6.45, 7) is 2.86. The first-order valence-corrected chi connectivity index (χ1v) is 12.4. The Hall–Kier alpha value is -2.74. The molecule has 0 unspecified atom stereocenters. The molecule has 0 aliphatic heterocycles. The number of aryl methyl sites for hydroxylation is 2. The van der Waals surface area contributed by atoms with Crippen molar-refractivity contribution in [1.29, 1.82) is 0 Å². The lowest BCUT2D eigenvalue weighted by Gasteiger charge is -2.08. The number of hydrogen-bond donors (Lipinski definition) is 1. The molecule has 1 N–H and O–H groups in total. The summed E-state index contributed by atoms with van der Waals surface area (Å²) < 4.78 is 30.5. The summed E-state index contributed by atoms with van der Waals surface area (Å²) in [6, 6.07) is 22.9. The van der Waals surface area contributed by atoms with E-state index in [0.717, 1.165) is 28.8 Å². The maximum atomic E-state index is 12.7. The molecule has 4 rings (SSSR count). The number of nitrogens with one attached hydrogen (secondary N) is 1. The Morgan fingerprint density at radius 3 is 2.42 bits per heavy atom. The molecular formula is C24H24N2O3S2. The van der Waals surface area contributed by atoms with E-state index in [4.69, 9.17) is 0 Å². The highest BCUT2D eigenvalue weighted by atomic mass is 32.2. The van der Waals surface area contributed by atoms with Crippen molar-refractivity contribution in [1.82, 2.24) is 9.29 Å². The molecule has 7 heteroatoms. The lowest BCUT2D eigenvalue weighted by atomic mass is 10.1. The van der Waals surface area contributed by atoms with Gasteiger partial charge in [-0.3, -0.25) is 9.36 Å². The van der Waals surface area contributed by atoms with Gasteiger partial charge in [-0.15, -0.1) is 0 Å². The monoisotopic (exact) mass is 452 g/mol. The molecule has 5 nitrogen and oxygen atoms in total. The van der Waals surface area contributed by atoms with Gasteiger partial charge in [0.25, 0.3) is 0 Å². The van der Waals surface area contributed by atoms with Gasteiger partial charge in [-0.1, -0.05) is 71.5 Å². The second-order valence-electron chi connectivity index (χ2n) is 7.56. The highest BCUT2D eigenvalue weighted by Gasteiger charge is 2.16. The molecule has 0 spiro atoms. The van der Waals surface area contributed by atoms with E-state index in [-0.39, 0.29) is 9.77 Å². The van der Waals surface area contributed by atoms with Crippen LogP contribution in [0.15, 0.2) is 82.5 Å². The molecule has 0 radical (unpaired) electrons. The topological polar surface area (TPSA) is 68.2 Å². The minimum atomic E-state index is -3.63. The third-order valence-corrected chi connectivity index (χ3v) is 7.59. The second kappa shape index (κ2) is 9.18. The maximum absolute atomic E-state index is 12.7. The van der Waals surface area contributed by atoms with Crippen molar-refractivity contribution in [3.63, 3.8) is 0 Å². The summed E-state index contributed by atoms with van der Waals surface area (Å²) in [5.74, 6) is 0. The molecule has 0 bridgehead atoms. The van der Waals surface area contributed by atoms with E-state index < -0.39 is 10.0 Å². The number of thiazole rings is 1. The Morgan fingerprint density at radius 1 is 0.935 bits per heavy atom. The summed E-state index contributed by atoms with van der Waals surface area (Å²) in [7, 11) is -3.63. The van der Waals surface area contributed by atoms with Gasteiger partial charge in [0, 0.05) is 6.54 Å². The van der Waals surface area contributed by atoms with Gasteiger partial charge in [0.05, 0.1) is 21.7 Å². The number of fused-ring (bicyclic) bond motifs is 1. The van der Waals surface area contributed by atoms with Crippen molar-refractivity contribution in [2.75, 3.05) is 6.54 Å². The number of rotatable bonds is 8. The summed E-state index contributed by atoms with van der Waals surface area (Å²) in [5, 5.41) is 0. The zero-order chi connectivity index (χ0) is 21.8. The molecule has 31 heavy (non-hydrogen) atoms. The molecule has 4 aromatic rings. The fourth-order valence-electron chi connectivity index (χ4n) is 3.47. The molecule has 0 fully saturated rings. The van der Waals surface area contributed by atoms with Crippen molar-refractivity contribution in [3.8, 4) is 0 Å². The summed E-state index contributed by atoms with van der Waals surface area (Å²) in [4.78, 5) is 12.6. The van der Waals surface area contributed by atoms with E-state index in [9.17, 15) is 13.2 Å². The van der Waals surface area contributed by atoms with E-state index in [0.29, 0.717) is 24.2 Å². The number of nitrogens with zero attached hydrogens (tertiary/aromatic N) is 1. The first-order valence-electron chi connectivity index (χ1n) is 10.1. The average molecular weight is 453 g/mol. The van der Waals surface area contributed by atoms with Crippen LogP contribution in [-0.2, 0) is 23.0 Å². The molecule has 160 valence electrons. The predicted octanol–water partition coefficient (Wildman–Crippen LogP) is 4.33. The predicted molar refractivity (Wildman–Crippen MR) is 126 cm³/mol. The number of sulfonamides is 1. The fraction of sp³-hybridized carbons (Fsp3) is 0.208. The Kier molecular flexibility index (Phi) is 6.36. The van der Waals surface area contributed by atoms with Crippen LogP contribution in [0.2, 0.25) is 0 Å². The van der Waals surface area contributed by atoms with E-state index >= 15 is 0 Å². The van der Waals surface area contributed by atoms with Crippen LogP contribution in [-0.4, -0.2) is 19.5 Å². The Labute approximate surface area is 186 Å². The normalized spacial score (nSPS) is 11.8. The number of benzene rings is 3. The quantitative estimate of drug-likeness (QED) is 0.405. The van der Waals surface area contributed by atoms with Crippen molar-refractivity contribution in [2.45, 2.75) is 31.2 Å². The van der Waals surface area contributed by atoms with Crippen LogP contribution in [0, 0.1) is 6.92 Å². The van der Waals surface area contributed by atoms with Crippen LogP contribution in [0.3, 0.4) is 0 Å².